The molecule has 0 bridgehead atoms. The summed E-state index contributed by atoms with van der Waals surface area (Å²) in [7, 11) is 3.10. The molecule has 1 aliphatic carbocycles. The minimum absolute atomic E-state index is 0.110. The van der Waals surface area contributed by atoms with Gasteiger partial charge >= 0.3 is 5.69 Å². The van der Waals surface area contributed by atoms with Crippen LogP contribution in [0.4, 0.5) is 4.39 Å². The average Bonchev–Trinajstić information content (AvgIpc) is 3.67. The molecule has 0 spiro atoms. The second-order valence-electron chi connectivity index (χ2n) is 11.8. The fourth-order valence-corrected chi connectivity index (χ4v) is 7.00. The van der Waals surface area contributed by atoms with Gasteiger partial charge in [-0.25, -0.2) is 13.8 Å². The molecule has 12 nitrogen and oxygen atoms in total. The first kappa shape index (κ1) is 32.5. The lowest BCUT2D eigenvalue weighted by atomic mass is 9.94. The Hall–Kier alpha value is -3.88. The summed E-state index contributed by atoms with van der Waals surface area (Å²) in [6, 6.07) is 2.84. The highest BCUT2D eigenvalue weighted by atomic mass is 32.1. The number of nitrogens with zero attached hydrogens (tertiary/aromatic N) is 6. The number of likely N-dealkylation sites (N-methyl/N-ethyl adjacent to an activating group) is 1. The van der Waals surface area contributed by atoms with E-state index >= 15 is 0 Å². The van der Waals surface area contributed by atoms with Gasteiger partial charge in [0.2, 0.25) is 5.91 Å². The normalized spacial score (nSPS) is 18.3. The molecule has 1 fully saturated rings. The van der Waals surface area contributed by atoms with Crippen molar-refractivity contribution in [3.63, 3.8) is 0 Å². The second-order valence-corrected chi connectivity index (χ2v) is 12.7. The van der Waals surface area contributed by atoms with Crippen LogP contribution in [-0.2, 0) is 16.1 Å². The van der Waals surface area contributed by atoms with Gasteiger partial charge in [-0.05, 0) is 71.6 Å². The molecule has 4 aromatic rings. The lowest BCUT2D eigenvalue weighted by molar-refractivity contribution is -0.134. The van der Waals surface area contributed by atoms with E-state index in [0.717, 1.165) is 4.57 Å². The van der Waals surface area contributed by atoms with Gasteiger partial charge in [0.25, 0.3) is 5.56 Å². The highest BCUT2D eigenvalue weighted by molar-refractivity contribution is 7.21. The topological polar surface area (TPSA) is 134 Å². The molecule has 1 aliphatic rings. The number of rotatable bonds is 10. The van der Waals surface area contributed by atoms with E-state index in [1.165, 1.54) is 70.2 Å². The molecular weight excluding hydrogens is 603 g/mol. The van der Waals surface area contributed by atoms with Crippen LogP contribution in [0, 0.1) is 12.7 Å². The van der Waals surface area contributed by atoms with Crippen molar-refractivity contribution in [1.82, 2.24) is 29.0 Å². The average molecular weight is 643 g/mol. The van der Waals surface area contributed by atoms with Crippen molar-refractivity contribution in [3.8, 4) is 10.8 Å². The van der Waals surface area contributed by atoms with E-state index in [1.807, 2.05) is 13.8 Å². The summed E-state index contributed by atoms with van der Waals surface area (Å²) in [6.07, 6.45) is 3.75. The van der Waals surface area contributed by atoms with Gasteiger partial charge in [0, 0.05) is 24.2 Å². The third kappa shape index (κ3) is 6.31. The summed E-state index contributed by atoms with van der Waals surface area (Å²) in [5, 5.41) is 19.3. The summed E-state index contributed by atoms with van der Waals surface area (Å²) >= 11 is 1.17. The van der Waals surface area contributed by atoms with Crippen molar-refractivity contribution in [3.05, 3.63) is 68.4 Å². The van der Waals surface area contributed by atoms with Crippen LogP contribution in [0.15, 0.2) is 40.2 Å². The van der Waals surface area contributed by atoms with Crippen molar-refractivity contribution in [2.45, 2.75) is 90.3 Å². The number of methoxy groups -OCH3 is 1. The van der Waals surface area contributed by atoms with Crippen molar-refractivity contribution in [1.29, 1.82) is 0 Å². The number of benzene rings is 1. The summed E-state index contributed by atoms with van der Waals surface area (Å²) in [5.41, 5.74) is -0.349. The molecule has 3 aromatic heterocycles. The number of halogens is 1. The summed E-state index contributed by atoms with van der Waals surface area (Å²) in [4.78, 5) is 45.2. The van der Waals surface area contributed by atoms with Gasteiger partial charge in [0.1, 0.15) is 33.5 Å². The number of fused-ring (bicyclic) bond motifs is 1. The number of hydrogen-bond donors (Lipinski definition) is 1. The van der Waals surface area contributed by atoms with E-state index in [1.54, 1.807) is 14.0 Å². The predicted octanol–water partition coefficient (Wildman–Crippen LogP) is 3.75. The Morgan fingerprint density at radius 1 is 1.16 bits per heavy atom. The third-order valence-corrected chi connectivity index (χ3v) is 9.85. The largest absolute Gasteiger partial charge is 0.496 e. The maximum atomic E-state index is 14.7. The second kappa shape index (κ2) is 13.2. The molecule has 0 saturated heterocycles. The Morgan fingerprint density at radius 3 is 2.44 bits per heavy atom. The van der Waals surface area contributed by atoms with Gasteiger partial charge in [-0.2, -0.15) is 10.2 Å². The minimum atomic E-state index is -1.11. The van der Waals surface area contributed by atoms with E-state index in [2.05, 4.69) is 10.2 Å². The number of hydrogen-bond acceptors (Lipinski definition) is 9. The molecule has 2 atom stereocenters. The zero-order valence-corrected chi connectivity index (χ0v) is 27.1. The molecule has 14 heteroatoms. The number of ether oxygens (including phenoxy) is 2. The number of aryl methyl sites for hydroxylation is 1. The molecule has 1 aromatic carbocycles. The maximum Gasteiger partial charge on any atom is 0.332 e. The Balaban J connectivity index is 1.73. The molecule has 0 radical (unpaired) electrons. The van der Waals surface area contributed by atoms with Gasteiger partial charge in [-0.15, -0.1) is 4.80 Å². The maximum absolute atomic E-state index is 14.7. The van der Waals surface area contributed by atoms with Crippen LogP contribution in [0.5, 0.6) is 5.75 Å². The fraction of sp³-hybridized carbons (Fsp3) is 0.516. The summed E-state index contributed by atoms with van der Waals surface area (Å²) in [5.74, 6) is -0.519. The van der Waals surface area contributed by atoms with Gasteiger partial charge in [-0.3, -0.25) is 14.2 Å². The van der Waals surface area contributed by atoms with Crippen molar-refractivity contribution in [2.75, 3.05) is 14.2 Å². The molecule has 0 unspecified atom stereocenters. The van der Waals surface area contributed by atoms with Crippen LogP contribution in [0.25, 0.3) is 15.2 Å². The molecule has 3 heterocycles. The van der Waals surface area contributed by atoms with Gasteiger partial charge in [0.15, 0.2) is 0 Å². The van der Waals surface area contributed by atoms with E-state index in [9.17, 15) is 23.9 Å². The lowest BCUT2D eigenvalue weighted by Gasteiger charge is -2.31. The molecule has 0 aliphatic heterocycles. The monoisotopic (exact) mass is 642 g/mol. The Bertz CT molecular complexity index is 1790. The van der Waals surface area contributed by atoms with E-state index in [-0.39, 0.29) is 24.1 Å². The number of aromatic nitrogens is 5. The van der Waals surface area contributed by atoms with Crippen LogP contribution >= 0.6 is 11.3 Å². The first-order valence-corrected chi connectivity index (χ1v) is 15.8. The van der Waals surface area contributed by atoms with Crippen molar-refractivity contribution < 1.29 is 23.8 Å². The first-order chi connectivity index (χ1) is 21.4. The first-order valence-electron chi connectivity index (χ1n) is 15.0. The van der Waals surface area contributed by atoms with Crippen molar-refractivity contribution >= 4 is 27.5 Å². The zero-order valence-electron chi connectivity index (χ0n) is 26.3. The van der Waals surface area contributed by atoms with Crippen LogP contribution in [0.2, 0.25) is 0 Å². The Kier molecular flexibility index (Phi) is 9.56. The fourth-order valence-electron chi connectivity index (χ4n) is 5.78. The summed E-state index contributed by atoms with van der Waals surface area (Å²) < 4.78 is 29.3. The molecule has 1 N–H and O–H groups in total. The molecule has 242 valence electrons. The molecule has 45 heavy (non-hydrogen) atoms. The number of thiophene rings is 1. The molecular formula is C31H39FN6O6S. The van der Waals surface area contributed by atoms with Crippen LogP contribution < -0.4 is 16.0 Å². The lowest BCUT2D eigenvalue weighted by Crippen LogP contribution is -2.48. The zero-order chi connectivity index (χ0) is 32.6. The Labute approximate surface area is 263 Å². The van der Waals surface area contributed by atoms with Crippen molar-refractivity contribution in [2.24, 2.45) is 0 Å². The number of amides is 1. The van der Waals surface area contributed by atoms with E-state index in [0.29, 0.717) is 52.4 Å². The third-order valence-electron chi connectivity index (χ3n) is 8.57. The number of carbonyl (C=O) groups is 1. The molecule has 1 amide bonds. The van der Waals surface area contributed by atoms with Crippen LogP contribution in [0.1, 0.15) is 69.7 Å². The minimum Gasteiger partial charge on any atom is -0.496 e. The highest BCUT2D eigenvalue weighted by Gasteiger charge is 2.32. The predicted molar refractivity (Wildman–Crippen MR) is 168 cm³/mol. The number of aliphatic hydroxyl groups is 1. The Morgan fingerprint density at radius 2 is 1.82 bits per heavy atom. The molecule has 5 rings (SSSR count). The molecule has 1 saturated carbocycles. The van der Waals surface area contributed by atoms with Crippen LogP contribution in [-0.4, -0.2) is 72.4 Å². The highest BCUT2D eigenvalue weighted by Crippen LogP contribution is 2.36. The quantitative estimate of drug-likeness (QED) is 0.277. The number of aliphatic hydroxyl groups excluding tert-OH is 1. The van der Waals surface area contributed by atoms with Gasteiger partial charge in [-0.1, -0.05) is 11.3 Å². The standard InChI is InChI=1S/C31H39FN6O6S/c1-17(2)35(5)27(40)19(4)37-28(41)26-18(3)29(38-33-13-14-34-38)45-30(26)36(31(37)42)16-25(44-22-10-8-21(39)9-11-22)23-15-20(32)7-12-24(23)43-6/h7,12-15,17,19,21-22,25,39H,8-11,16H2,1-6H3/t19-,21-,22+,25-/m0/s1. The SMILES string of the molecule is COc1ccc(F)cc1[C@H](Cn1c(=O)n([C@@H](C)C(=O)N(C)C(C)C)c(=O)c2c(C)c(-n3nccn3)sc21)O[C@H]1CC[C@@H](O)CC1. The van der Waals surface area contributed by atoms with E-state index in [4.69, 9.17) is 9.47 Å². The van der Waals surface area contributed by atoms with E-state index < -0.39 is 41.2 Å². The van der Waals surface area contributed by atoms with Gasteiger partial charge < -0.3 is 19.5 Å². The van der Waals surface area contributed by atoms with Crippen LogP contribution in [0.3, 0.4) is 0 Å². The van der Waals surface area contributed by atoms with Gasteiger partial charge in [0.05, 0.1) is 43.6 Å². The number of carbonyl (C=O) groups excluding carboxylic acids is 1. The smallest absolute Gasteiger partial charge is 0.332 e. The summed E-state index contributed by atoms with van der Waals surface area (Å²) in [6.45, 7) is 6.87.